The van der Waals surface area contributed by atoms with Crippen molar-refractivity contribution in [2.24, 2.45) is 0 Å². The van der Waals surface area contributed by atoms with E-state index >= 15 is 0 Å². The van der Waals surface area contributed by atoms with Crippen LogP contribution < -0.4 is 14.8 Å². The van der Waals surface area contributed by atoms with Gasteiger partial charge in [0.05, 0.1) is 0 Å². The quantitative estimate of drug-likeness (QED) is 0.437. The fraction of sp³-hybridized carbons (Fsp3) is 0.192. The van der Waals surface area contributed by atoms with Crippen LogP contribution in [0, 0.1) is 5.82 Å². The molecule has 0 saturated heterocycles. The maximum absolute atomic E-state index is 14.4. The van der Waals surface area contributed by atoms with Gasteiger partial charge < -0.3 is 29.4 Å². The Morgan fingerprint density at radius 1 is 1.17 bits per heavy atom. The maximum Gasteiger partial charge on any atom is 0.344 e. The monoisotopic (exact) mass is 494 g/mol. The van der Waals surface area contributed by atoms with Gasteiger partial charge in [-0.1, -0.05) is 36.4 Å². The Morgan fingerprint density at radius 2 is 1.97 bits per heavy atom. The van der Waals surface area contributed by atoms with Crippen LogP contribution in [0.3, 0.4) is 0 Å². The number of carboxylic acid groups (broad SMARTS) is 1. The molecule has 2 heterocycles. The molecule has 4 rings (SSSR count). The summed E-state index contributed by atoms with van der Waals surface area (Å²) in [4.78, 5) is 27.8. The lowest BCUT2D eigenvalue weighted by Gasteiger charge is -2.13. The molecule has 0 bridgehead atoms. The van der Waals surface area contributed by atoms with Crippen LogP contribution in [0.25, 0.3) is 0 Å². The number of hydrogen-bond acceptors (Lipinski definition) is 7. The first-order chi connectivity index (χ1) is 17.4. The molecule has 2 aromatic carbocycles. The lowest BCUT2D eigenvalue weighted by atomic mass is 10.1. The highest BCUT2D eigenvalue weighted by Crippen LogP contribution is 2.24. The zero-order valence-corrected chi connectivity index (χ0v) is 19.2. The van der Waals surface area contributed by atoms with Crippen LogP contribution in [-0.2, 0) is 27.2 Å². The third-order valence-corrected chi connectivity index (χ3v) is 5.15. The number of halogens is 1. The third kappa shape index (κ3) is 6.29. The van der Waals surface area contributed by atoms with Crippen LogP contribution in [0.2, 0.25) is 0 Å². The fourth-order valence-corrected chi connectivity index (χ4v) is 3.27. The van der Waals surface area contributed by atoms with E-state index in [0.717, 1.165) is 11.6 Å². The molecule has 0 fully saturated rings. The molecule has 1 amide bonds. The van der Waals surface area contributed by atoms with Crippen molar-refractivity contribution in [2.75, 3.05) is 0 Å². The standard InChI is InChI=1S/C26H23FN2O7/c1-16(26(31)32)34-19-10-9-18(21(27)13-19)14-29-24(30)20-8-5-11-28-25(20)36-23-15-33-22(35-23)12-17-6-3-2-4-7-17/h2-11,13,15-16,22H,12,14H2,1H3,(H,29,30)(H,31,32). The summed E-state index contributed by atoms with van der Waals surface area (Å²) in [6, 6.07) is 16.6. The second-order valence-electron chi connectivity index (χ2n) is 7.80. The number of carbonyl (C=O) groups is 2. The highest BCUT2D eigenvalue weighted by molar-refractivity contribution is 5.96. The number of hydrogen-bond donors (Lipinski definition) is 2. The first kappa shape index (κ1) is 24.5. The molecule has 2 atom stereocenters. The number of carbonyl (C=O) groups excluding carboxylic acids is 1. The summed E-state index contributed by atoms with van der Waals surface area (Å²) in [5.74, 6) is -2.24. The van der Waals surface area contributed by atoms with Crippen LogP contribution in [0.1, 0.15) is 28.4 Å². The minimum Gasteiger partial charge on any atom is -0.479 e. The van der Waals surface area contributed by atoms with Gasteiger partial charge >= 0.3 is 11.9 Å². The highest BCUT2D eigenvalue weighted by atomic mass is 19.1. The average molecular weight is 494 g/mol. The average Bonchev–Trinajstić information content (AvgIpc) is 3.30. The van der Waals surface area contributed by atoms with Crippen LogP contribution in [0.5, 0.6) is 11.6 Å². The molecule has 0 radical (unpaired) electrons. The van der Waals surface area contributed by atoms with Crippen molar-refractivity contribution >= 4 is 11.9 Å². The second kappa shape index (κ2) is 11.2. The fourth-order valence-electron chi connectivity index (χ4n) is 3.27. The molecule has 186 valence electrons. The smallest absolute Gasteiger partial charge is 0.344 e. The second-order valence-corrected chi connectivity index (χ2v) is 7.80. The molecule has 10 heteroatoms. The van der Waals surface area contributed by atoms with Gasteiger partial charge in [0, 0.05) is 30.8 Å². The summed E-state index contributed by atoms with van der Waals surface area (Å²) in [7, 11) is 0. The Morgan fingerprint density at radius 3 is 2.72 bits per heavy atom. The summed E-state index contributed by atoms with van der Waals surface area (Å²) in [6.45, 7) is 1.21. The molecule has 1 aromatic heterocycles. The van der Waals surface area contributed by atoms with Crippen LogP contribution in [0.4, 0.5) is 4.39 Å². The number of benzene rings is 2. The molecule has 2 unspecified atom stereocenters. The van der Waals surface area contributed by atoms with Gasteiger partial charge in [-0.15, -0.1) is 0 Å². The predicted molar refractivity (Wildman–Crippen MR) is 124 cm³/mol. The first-order valence-corrected chi connectivity index (χ1v) is 11.0. The van der Waals surface area contributed by atoms with Crippen LogP contribution in [-0.4, -0.2) is 34.4 Å². The Hall–Kier alpha value is -4.60. The van der Waals surface area contributed by atoms with Crippen molar-refractivity contribution in [1.82, 2.24) is 10.3 Å². The number of aliphatic carboxylic acids is 1. The van der Waals surface area contributed by atoms with Crippen molar-refractivity contribution in [3.63, 3.8) is 0 Å². The number of ether oxygens (including phenoxy) is 4. The molecule has 2 N–H and O–H groups in total. The molecule has 36 heavy (non-hydrogen) atoms. The Labute approximate surface area is 206 Å². The largest absolute Gasteiger partial charge is 0.479 e. The molecule has 3 aromatic rings. The topological polar surface area (TPSA) is 116 Å². The summed E-state index contributed by atoms with van der Waals surface area (Å²) >= 11 is 0. The van der Waals surface area contributed by atoms with E-state index in [0.29, 0.717) is 6.42 Å². The minimum atomic E-state index is -1.17. The zero-order chi connectivity index (χ0) is 25.5. The van der Waals surface area contributed by atoms with Crippen molar-refractivity contribution in [3.05, 3.63) is 102 Å². The zero-order valence-electron chi connectivity index (χ0n) is 19.2. The van der Waals surface area contributed by atoms with Gasteiger partial charge in [0.2, 0.25) is 12.2 Å². The molecule has 0 saturated carbocycles. The van der Waals surface area contributed by atoms with E-state index in [1.807, 2.05) is 30.3 Å². The highest BCUT2D eigenvalue weighted by Gasteiger charge is 2.24. The number of amides is 1. The van der Waals surface area contributed by atoms with E-state index in [4.69, 9.17) is 24.1 Å². The summed E-state index contributed by atoms with van der Waals surface area (Å²) in [5.41, 5.74) is 1.33. The molecule has 1 aliphatic rings. The van der Waals surface area contributed by atoms with E-state index in [9.17, 15) is 14.0 Å². The Kier molecular flexibility index (Phi) is 7.64. The SMILES string of the molecule is CC(Oc1ccc(CNC(=O)c2cccnc2OC2=COC(Cc3ccccc3)O2)c(F)c1)C(=O)O. The van der Waals surface area contributed by atoms with Gasteiger partial charge in [-0.25, -0.2) is 14.2 Å². The number of nitrogens with one attached hydrogen (secondary N) is 1. The summed E-state index contributed by atoms with van der Waals surface area (Å²) in [5, 5.41) is 11.5. The number of pyridine rings is 1. The minimum absolute atomic E-state index is 0.00270. The third-order valence-electron chi connectivity index (χ3n) is 5.15. The number of nitrogens with zero attached hydrogens (tertiary/aromatic N) is 1. The van der Waals surface area contributed by atoms with Gasteiger partial charge in [0.25, 0.3) is 5.91 Å². The number of aromatic nitrogens is 1. The molecular weight excluding hydrogens is 471 g/mol. The molecule has 1 aliphatic heterocycles. The van der Waals surface area contributed by atoms with Crippen molar-refractivity contribution in [3.8, 4) is 11.6 Å². The summed E-state index contributed by atoms with van der Waals surface area (Å²) in [6.07, 6.45) is 1.58. The van der Waals surface area contributed by atoms with E-state index < -0.39 is 30.1 Å². The molecule has 0 aliphatic carbocycles. The number of rotatable bonds is 10. The Bertz CT molecular complexity index is 1270. The van der Waals surface area contributed by atoms with Crippen LogP contribution in [0.15, 0.2) is 79.1 Å². The lowest BCUT2D eigenvalue weighted by Crippen LogP contribution is -2.25. The first-order valence-electron chi connectivity index (χ1n) is 11.0. The van der Waals surface area contributed by atoms with E-state index in [2.05, 4.69) is 10.3 Å². The van der Waals surface area contributed by atoms with E-state index in [-0.39, 0.29) is 35.2 Å². The van der Waals surface area contributed by atoms with Gasteiger partial charge in [0.1, 0.15) is 17.1 Å². The molecular formula is C26H23FN2O7. The number of carboxylic acids is 1. The van der Waals surface area contributed by atoms with Gasteiger partial charge in [-0.05, 0) is 30.7 Å². The lowest BCUT2D eigenvalue weighted by molar-refractivity contribution is -0.144. The van der Waals surface area contributed by atoms with Crippen molar-refractivity contribution in [2.45, 2.75) is 32.3 Å². The van der Waals surface area contributed by atoms with Gasteiger partial charge in [0.15, 0.2) is 12.4 Å². The van der Waals surface area contributed by atoms with E-state index in [1.54, 1.807) is 6.07 Å². The van der Waals surface area contributed by atoms with Crippen molar-refractivity contribution in [1.29, 1.82) is 0 Å². The molecule has 0 spiro atoms. The van der Waals surface area contributed by atoms with Crippen LogP contribution >= 0.6 is 0 Å². The van der Waals surface area contributed by atoms with Crippen molar-refractivity contribution < 1.29 is 38.0 Å². The summed E-state index contributed by atoms with van der Waals surface area (Å²) < 4.78 is 36.4. The maximum atomic E-state index is 14.4. The normalized spacial score (nSPS) is 15.2. The Balaban J connectivity index is 1.34. The predicted octanol–water partition coefficient (Wildman–Crippen LogP) is 3.80. The van der Waals surface area contributed by atoms with E-state index in [1.165, 1.54) is 37.6 Å². The van der Waals surface area contributed by atoms with Gasteiger partial charge in [-0.3, -0.25) is 4.79 Å². The molecule has 9 nitrogen and oxygen atoms in total. The van der Waals surface area contributed by atoms with Gasteiger partial charge in [-0.2, -0.15) is 0 Å².